The molecular formula is C17H12BrNO3. The van der Waals surface area contributed by atoms with Crippen molar-refractivity contribution in [2.45, 2.75) is 6.61 Å². The lowest BCUT2D eigenvalue weighted by Crippen LogP contribution is -1.99. The maximum Gasteiger partial charge on any atom is 0.346 e. The number of hydrogen-bond acceptors (Lipinski definition) is 3. The second-order valence-electron chi connectivity index (χ2n) is 4.43. The summed E-state index contributed by atoms with van der Waals surface area (Å²) >= 11 is 3.37. The summed E-state index contributed by atoms with van der Waals surface area (Å²) in [6, 6.07) is 16.4. The molecule has 0 radical (unpaired) electrons. The Balaban J connectivity index is 2.20. The molecule has 4 nitrogen and oxygen atoms in total. The number of rotatable bonds is 5. The van der Waals surface area contributed by atoms with E-state index < -0.39 is 5.97 Å². The number of benzene rings is 2. The summed E-state index contributed by atoms with van der Waals surface area (Å²) in [7, 11) is 0. The van der Waals surface area contributed by atoms with Crippen LogP contribution in [0.15, 0.2) is 58.6 Å². The molecule has 0 saturated heterocycles. The summed E-state index contributed by atoms with van der Waals surface area (Å²) in [6.07, 6.45) is 1.30. The van der Waals surface area contributed by atoms with Gasteiger partial charge in [-0.3, -0.25) is 0 Å². The van der Waals surface area contributed by atoms with Crippen LogP contribution in [0.4, 0.5) is 0 Å². The van der Waals surface area contributed by atoms with Gasteiger partial charge < -0.3 is 9.84 Å². The van der Waals surface area contributed by atoms with Crippen LogP contribution in [0.25, 0.3) is 6.08 Å². The zero-order valence-corrected chi connectivity index (χ0v) is 13.1. The summed E-state index contributed by atoms with van der Waals surface area (Å²) in [6.45, 7) is 0.354. The third-order valence-corrected chi connectivity index (χ3v) is 3.41. The molecule has 0 amide bonds. The van der Waals surface area contributed by atoms with Crippen molar-refractivity contribution >= 4 is 28.0 Å². The zero-order valence-electron chi connectivity index (χ0n) is 11.5. The Bertz CT molecular complexity index is 745. The molecule has 5 heteroatoms. The van der Waals surface area contributed by atoms with Crippen molar-refractivity contribution in [2.75, 3.05) is 0 Å². The van der Waals surface area contributed by atoms with E-state index in [0.717, 1.165) is 10.0 Å². The molecule has 2 aromatic carbocycles. The van der Waals surface area contributed by atoms with Gasteiger partial charge in [-0.25, -0.2) is 4.79 Å². The molecule has 0 aromatic heterocycles. The van der Waals surface area contributed by atoms with Gasteiger partial charge in [0.15, 0.2) is 0 Å². The predicted octanol–water partition coefficient (Wildman–Crippen LogP) is 4.02. The Morgan fingerprint density at radius 3 is 2.55 bits per heavy atom. The van der Waals surface area contributed by atoms with Crippen LogP contribution in [0, 0.1) is 11.3 Å². The number of para-hydroxylation sites is 1. The molecule has 2 rings (SSSR count). The fraction of sp³-hybridized carbons (Fsp3) is 0.0588. The summed E-state index contributed by atoms with van der Waals surface area (Å²) < 4.78 is 6.71. The lowest BCUT2D eigenvalue weighted by Gasteiger charge is -2.09. The molecule has 0 unspecified atom stereocenters. The first-order valence-corrected chi connectivity index (χ1v) is 7.21. The normalized spacial score (nSPS) is 10.8. The Morgan fingerprint density at radius 1 is 1.23 bits per heavy atom. The Hall–Kier alpha value is -2.58. The number of halogens is 1. The molecule has 0 spiro atoms. The molecule has 0 atom stereocenters. The number of carbonyl (C=O) groups is 1. The van der Waals surface area contributed by atoms with Crippen molar-refractivity contribution in [1.29, 1.82) is 5.26 Å². The first-order valence-electron chi connectivity index (χ1n) is 6.41. The largest absolute Gasteiger partial charge is 0.488 e. The highest BCUT2D eigenvalue weighted by molar-refractivity contribution is 9.10. The van der Waals surface area contributed by atoms with Crippen LogP contribution in [0.2, 0.25) is 0 Å². The molecule has 0 aliphatic carbocycles. The van der Waals surface area contributed by atoms with Crippen LogP contribution in [0.1, 0.15) is 11.1 Å². The van der Waals surface area contributed by atoms with E-state index in [1.54, 1.807) is 30.3 Å². The minimum Gasteiger partial charge on any atom is -0.488 e. The van der Waals surface area contributed by atoms with Crippen molar-refractivity contribution in [3.63, 3.8) is 0 Å². The Morgan fingerprint density at radius 2 is 1.91 bits per heavy atom. The number of nitrogens with zero attached hydrogens (tertiary/aromatic N) is 1. The summed E-state index contributed by atoms with van der Waals surface area (Å²) in [5, 5.41) is 17.8. The topological polar surface area (TPSA) is 70.3 Å². The molecule has 1 N–H and O–H groups in total. The van der Waals surface area contributed by atoms with Gasteiger partial charge in [0.2, 0.25) is 0 Å². The molecular weight excluding hydrogens is 346 g/mol. The Labute approximate surface area is 136 Å². The van der Waals surface area contributed by atoms with Crippen molar-refractivity contribution in [1.82, 2.24) is 0 Å². The monoisotopic (exact) mass is 357 g/mol. The van der Waals surface area contributed by atoms with Crippen molar-refractivity contribution < 1.29 is 14.6 Å². The zero-order chi connectivity index (χ0) is 15.9. The third-order valence-electron chi connectivity index (χ3n) is 2.88. The van der Waals surface area contributed by atoms with E-state index in [2.05, 4.69) is 15.9 Å². The van der Waals surface area contributed by atoms with Gasteiger partial charge in [-0.1, -0.05) is 46.3 Å². The number of aliphatic carboxylic acids is 1. The second kappa shape index (κ2) is 7.43. The molecule has 110 valence electrons. The standard InChI is InChI=1S/C17H12BrNO3/c18-15-7-5-12(6-8-15)11-22-16-4-2-1-3-13(16)9-14(10-19)17(20)21/h1-9H,11H2,(H,20,21). The van der Waals surface area contributed by atoms with E-state index in [0.29, 0.717) is 17.9 Å². The molecule has 22 heavy (non-hydrogen) atoms. The summed E-state index contributed by atoms with van der Waals surface area (Å²) in [5.41, 5.74) is 1.21. The number of nitriles is 1. The highest BCUT2D eigenvalue weighted by Gasteiger charge is 2.08. The van der Waals surface area contributed by atoms with Crippen LogP contribution in [-0.4, -0.2) is 11.1 Å². The molecule has 0 heterocycles. The van der Waals surface area contributed by atoms with E-state index in [-0.39, 0.29) is 5.57 Å². The Kier molecular flexibility index (Phi) is 5.34. The lowest BCUT2D eigenvalue weighted by molar-refractivity contribution is -0.132. The fourth-order valence-electron chi connectivity index (χ4n) is 1.77. The van der Waals surface area contributed by atoms with Crippen LogP contribution < -0.4 is 4.74 Å². The number of carboxylic acids is 1. The minimum atomic E-state index is -1.26. The maximum absolute atomic E-state index is 10.9. The van der Waals surface area contributed by atoms with Gasteiger partial charge >= 0.3 is 5.97 Å². The van der Waals surface area contributed by atoms with Crippen LogP contribution >= 0.6 is 15.9 Å². The number of carboxylic acid groups (broad SMARTS) is 1. The minimum absolute atomic E-state index is 0.334. The molecule has 0 aliphatic heterocycles. The molecule has 0 bridgehead atoms. The number of ether oxygens (including phenoxy) is 1. The van der Waals surface area contributed by atoms with Gasteiger partial charge in [0.1, 0.15) is 24.0 Å². The summed E-state index contributed by atoms with van der Waals surface area (Å²) in [5.74, 6) is -0.732. The van der Waals surface area contributed by atoms with Gasteiger partial charge in [-0.05, 0) is 29.8 Å². The van der Waals surface area contributed by atoms with Gasteiger partial charge in [-0.2, -0.15) is 5.26 Å². The van der Waals surface area contributed by atoms with E-state index in [1.807, 2.05) is 24.3 Å². The van der Waals surface area contributed by atoms with Gasteiger partial charge in [0, 0.05) is 10.0 Å². The van der Waals surface area contributed by atoms with Gasteiger partial charge in [0.05, 0.1) is 0 Å². The SMILES string of the molecule is N#CC(=Cc1ccccc1OCc1ccc(Br)cc1)C(=O)O. The van der Waals surface area contributed by atoms with E-state index in [4.69, 9.17) is 15.1 Å². The first-order chi connectivity index (χ1) is 10.6. The van der Waals surface area contributed by atoms with Crippen LogP contribution in [0.5, 0.6) is 5.75 Å². The molecule has 0 saturated carbocycles. The molecule has 0 fully saturated rings. The predicted molar refractivity (Wildman–Crippen MR) is 86.1 cm³/mol. The molecule has 2 aromatic rings. The number of hydrogen-bond donors (Lipinski definition) is 1. The average molecular weight is 358 g/mol. The quantitative estimate of drug-likeness (QED) is 0.647. The molecule has 0 aliphatic rings. The summed E-state index contributed by atoms with van der Waals surface area (Å²) in [4.78, 5) is 10.9. The average Bonchev–Trinajstić information content (AvgIpc) is 2.52. The van der Waals surface area contributed by atoms with Crippen LogP contribution in [0.3, 0.4) is 0 Å². The van der Waals surface area contributed by atoms with Crippen molar-refractivity contribution in [3.05, 3.63) is 69.7 Å². The highest BCUT2D eigenvalue weighted by atomic mass is 79.9. The highest BCUT2D eigenvalue weighted by Crippen LogP contribution is 2.22. The fourth-order valence-corrected chi connectivity index (χ4v) is 2.03. The van der Waals surface area contributed by atoms with E-state index >= 15 is 0 Å². The third kappa shape index (κ3) is 4.21. The lowest BCUT2D eigenvalue weighted by atomic mass is 10.1. The van der Waals surface area contributed by atoms with Crippen LogP contribution in [-0.2, 0) is 11.4 Å². The van der Waals surface area contributed by atoms with Gasteiger partial charge in [-0.15, -0.1) is 0 Å². The van der Waals surface area contributed by atoms with Gasteiger partial charge in [0.25, 0.3) is 0 Å². The second-order valence-corrected chi connectivity index (χ2v) is 5.34. The smallest absolute Gasteiger partial charge is 0.346 e. The first kappa shape index (κ1) is 15.8. The maximum atomic E-state index is 10.9. The van der Waals surface area contributed by atoms with E-state index in [1.165, 1.54) is 6.08 Å². The van der Waals surface area contributed by atoms with Crippen molar-refractivity contribution in [2.24, 2.45) is 0 Å². The van der Waals surface area contributed by atoms with Crippen molar-refractivity contribution in [3.8, 4) is 11.8 Å². The van der Waals surface area contributed by atoms with E-state index in [9.17, 15) is 4.79 Å².